The highest BCUT2D eigenvalue weighted by molar-refractivity contribution is 5.95. The van der Waals surface area contributed by atoms with Crippen LogP contribution in [0.25, 0.3) is 11.0 Å². The lowest BCUT2D eigenvalue weighted by atomic mass is 10.1. The van der Waals surface area contributed by atoms with Gasteiger partial charge in [-0.2, -0.15) is 0 Å². The molecule has 0 unspecified atom stereocenters. The van der Waals surface area contributed by atoms with E-state index in [-0.39, 0.29) is 18.3 Å². The summed E-state index contributed by atoms with van der Waals surface area (Å²) < 4.78 is 29.6. The van der Waals surface area contributed by atoms with E-state index in [1.54, 1.807) is 17.0 Å². The molecule has 0 atom stereocenters. The van der Waals surface area contributed by atoms with Gasteiger partial charge in [-0.1, -0.05) is 26.8 Å². The molecule has 0 fully saturated rings. The summed E-state index contributed by atoms with van der Waals surface area (Å²) in [5, 5.41) is 0. The van der Waals surface area contributed by atoms with Gasteiger partial charge in [-0.15, -0.1) is 0 Å². The van der Waals surface area contributed by atoms with Crippen molar-refractivity contribution in [2.75, 3.05) is 6.54 Å². The summed E-state index contributed by atoms with van der Waals surface area (Å²) in [7, 11) is 0. The molecule has 4 nitrogen and oxygen atoms in total. The first-order valence-corrected chi connectivity index (χ1v) is 10.5. The number of hydrogen-bond acceptors (Lipinski definition) is 2. The van der Waals surface area contributed by atoms with Crippen LogP contribution in [-0.4, -0.2) is 26.9 Å². The summed E-state index contributed by atoms with van der Waals surface area (Å²) in [6.45, 7) is 9.63. The number of halogens is 2. The Bertz CT molecular complexity index is 1040. The van der Waals surface area contributed by atoms with Gasteiger partial charge in [0, 0.05) is 24.7 Å². The van der Waals surface area contributed by atoms with E-state index < -0.39 is 5.82 Å². The summed E-state index contributed by atoms with van der Waals surface area (Å²) in [6.07, 6.45) is 1.71. The van der Waals surface area contributed by atoms with Crippen LogP contribution in [0.1, 0.15) is 55.4 Å². The molecular formula is C24H29F2N3O. The number of fused-ring (bicyclic) bond motifs is 1. The zero-order valence-corrected chi connectivity index (χ0v) is 18.1. The molecule has 0 spiro atoms. The number of imidazole rings is 1. The van der Waals surface area contributed by atoms with Crippen LogP contribution < -0.4 is 0 Å². The van der Waals surface area contributed by atoms with Crippen molar-refractivity contribution in [3.8, 4) is 0 Å². The summed E-state index contributed by atoms with van der Waals surface area (Å²) in [6, 6.07) is 8.86. The van der Waals surface area contributed by atoms with Crippen molar-refractivity contribution in [2.24, 2.45) is 5.92 Å². The van der Waals surface area contributed by atoms with Crippen molar-refractivity contribution >= 4 is 16.9 Å². The van der Waals surface area contributed by atoms with E-state index in [4.69, 9.17) is 0 Å². The minimum Gasteiger partial charge on any atom is -0.331 e. The lowest BCUT2D eigenvalue weighted by Gasteiger charge is -2.24. The van der Waals surface area contributed by atoms with Gasteiger partial charge < -0.3 is 9.47 Å². The predicted octanol–water partition coefficient (Wildman–Crippen LogP) is 5.72. The molecule has 0 saturated carbocycles. The lowest BCUT2D eigenvalue weighted by molar-refractivity contribution is 0.0728. The van der Waals surface area contributed by atoms with Crippen LogP contribution in [-0.2, 0) is 13.1 Å². The number of amides is 1. The molecular weight excluding hydrogens is 384 g/mol. The van der Waals surface area contributed by atoms with Crippen LogP contribution in [0.3, 0.4) is 0 Å². The first kappa shape index (κ1) is 21.9. The molecule has 1 amide bonds. The van der Waals surface area contributed by atoms with Crippen LogP contribution in [0.2, 0.25) is 0 Å². The maximum Gasteiger partial charge on any atom is 0.254 e. The SMILES string of the molecule is CCCn1c(CN(CCC(C)C)C(=O)c2cc(F)ccc2C)nc2cc(F)ccc21. The number of nitrogens with zero attached hydrogens (tertiary/aromatic N) is 3. The Kier molecular flexibility index (Phi) is 6.85. The van der Waals surface area contributed by atoms with Gasteiger partial charge in [0.2, 0.25) is 0 Å². The van der Waals surface area contributed by atoms with E-state index in [0.29, 0.717) is 29.4 Å². The van der Waals surface area contributed by atoms with Gasteiger partial charge in [-0.05, 0) is 55.5 Å². The van der Waals surface area contributed by atoms with Crippen molar-refractivity contribution in [1.82, 2.24) is 14.5 Å². The number of hydrogen-bond donors (Lipinski definition) is 0. The Morgan fingerprint density at radius 2 is 1.83 bits per heavy atom. The molecule has 0 bridgehead atoms. The van der Waals surface area contributed by atoms with Crippen LogP contribution in [0.4, 0.5) is 8.78 Å². The molecule has 30 heavy (non-hydrogen) atoms. The quantitative estimate of drug-likeness (QED) is 0.474. The number of carbonyl (C=O) groups excluding carboxylic acids is 1. The first-order chi connectivity index (χ1) is 14.3. The van der Waals surface area contributed by atoms with Crippen molar-refractivity contribution in [1.29, 1.82) is 0 Å². The Balaban J connectivity index is 2.00. The molecule has 0 aliphatic carbocycles. The average Bonchev–Trinajstić information content (AvgIpc) is 3.02. The normalized spacial score (nSPS) is 11.4. The minimum atomic E-state index is -0.429. The highest BCUT2D eigenvalue weighted by Crippen LogP contribution is 2.21. The van der Waals surface area contributed by atoms with E-state index in [9.17, 15) is 13.6 Å². The van der Waals surface area contributed by atoms with E-state index in [1.165, 1.54) is 24.3 Å². The molecule has 0 aliphatic rings. The molecule has 0 saturated heterocycles. The van der Waals surface area contributed by atoms with Gasteiger partial charge >= 0.3 is 0 Å². The number of carbonyl (C=O) groups is 1. The molecule has 3 rings (SSSR count). The van der Waals surface area contributed by atoms with E-state index in [0.717, 1.165) is 30.5 Å². The van der Waals surface area contributed by atoms with Gasteiger partial charge in [0.15, 0.2) is 0 Å². The zero-order chi connectivity index (χ0) is 21.8. The number of aromatic nitrogens is 2. The Morgan fingerprint density at radius 3 is 2.53 bits per heavy atom. The van der Waals surface area contributed by atoms with Crippen molar-refractivity contribution in [2.45, 2.75) is 53.6 Å². The van der Waals surface area contributed by atoms with Gasteiger partial charge in [-0.3, -0.25) is 4.79 Å². The first-order valence-electron chi connectivity index (χ1n) is 10.5. The van der Waals surface area contributed by atoms with Crippen LogP contribution in [0, 0.1) is 24.5 Å². The Morgan fingerprint density at radius 1 is 1.13 bits per heavy atom. The standard InChI is InChI=1S/C24H29F2N3O/c1-5-11-29-22-9-8-19(26)14-21(22)27-23(29)15-28(12-10-16(2)3)24(30)20-13-18(25)7-6-17(20)4/h6-9,13-14,16H,5,10-12,15H2,1-4H3. The van der Waals surface area contributed by atoms with Crippen LogP contribution >= 0.6 is 0 Å². The fourth-order valence-corrected chi connectivity index (χ4v) is 3.58. The zero-order valence-electron chi connectivity index (χ0n) is 18.1. The molecule has 0 radical (unpaired) electrons. The van der Waals surface area contributed by atoms with Gasteiger partial charge in [0.25, 0.3) is 5.91 Å². The number of rotatable bonds is 8. The highest BCUT2D eigenvalue weighted by atomic mass is 19.1. The average molecular weight is 414 g/mol. The van der Waals surface area contributed by atoms with Crippen LogP contribution in [0.5, 0.6) is 0 Å². The summed E-state index contributed by atoms with van der Waals surface area (Å²) >= 11 is 0. The second-order valence-corrected chi connectivity index (χ2v) is 8.18. The maximum atomic E-state index is 13.8. The smallest absolute Gasteiger partial charge is 0.254 e. The maximum absolute atomic E-state index is 13.8. The summed E-state index contributed by atoms with van der Waals surface area (Å²) in [5.41, 5.74) is 2.53. The number of aryl methyl sites for hydroxylation is 2. The Hall–Kier alpha value is -2.76. The minimum absolute atomic E-state index is 0.214. The Labute approximate surface area is 176 Å². The highest BCUT2D eigenvalue weighted by Gasteiger charge is 2.22. The topological polar surface area (TPSA) is 38.1 Å². The summed E-state index contributed by atoms with van der Waals surface area (Å²) in [5.74, 6) is 0.148. The molecule has 160 valence electrons. The molecule has 0 N–H and O–H groups in total. The van der Waals surface area contributed by atoms with E-state index >= 15 is 0 Å². The third-order valence-electron chi connectivity index (χ3n) is 5.26. The molecule has 0 aliphatic heterocycles. The van der Waals surface area contributed by atoms with Gasteiger partial charge in [0.05, 0.1) is 17.6 Å². The second-order valence-electron chi connectivity index (χ2n) is 8.18. The lowest BCUT2D eigenvalue weighted by Crippen LogP contribution is -2.33. The van der Waals surface area contributed by atoms with Crippen molar-refractivity contribution in [3.05, 3.63) is 65.0 Å². The second kappa shape index (κ2) is 9.37. The van der Waals surface area contributed by atoms with Crippen LogP contribution in [0.15, 0.2) is 36.4 Å². The van der Waals surface area contributed by atoms with E-state index in [1.807, 2.05) is 11.5 Å². The molecule has 1 heterocycles. The monoisotopic (exact) mass is 413 g/mol. The number of benzene rings is 2. The molecule has 3 aromatic rings. The molecule has 2 aromatic carbocycles. The predicted molar refractivity (Wildman–Crippen MR) is 115 cm³/mol. The molecule has 6 heteroatoms. The third-order valence-corrected chi connectivity index (χ3v) is 5.26. The third kappa shape index (κ3) is 4.86. The molecule has 1 aromatic heterocycles. The van der Waals surface area contributed by atoms with E-state index in [2.05, 4.69) is 25.8 Å². The van der Waals surface area contributed by atoms with Crippen molar-refractivity contribution in [3.63, 3.8) is 0 Å². The summed E-state index contributed by atoms with van der Waals surface area (Å²) in [4.78, 5) is 19.7. The van der Waals surface area contributed by atoms with Gasteiger partial charge in [-0.25, -0.2) is 13.8 Å². The fraction of sp³-hybridized carbons (Fsp3) is 0.417. The fourth-order valence-electron chi connectivity index (χ4n) is 3.58. The largest absolute Gasteiger partial charge is 0.331 e. The van der Waals surface area contributed by atoms with Crippen molar-refractivity contribution < 1.29 is 13.6 Å². The van der Waals surface area contributed by atoms with Gasteiger partial charge in [0.1, 0.15) is 17.5 Å².